The van der Waals surface area contributed by atoms with Gasteiger partial charge in [-0.15, -0.1) is 0 Å². The fourth-order valence-corrected chi connectivity index (χ4v) is 1.33. The van der Waals surface area contributed by atoms with Crippen molar-refractivity contribution in [1.29, 1.82) is 0 Å². The third-order valence-corrected chi connectivity index (χ3v) is 2.13. The van der Waals surface area contributed by atoms with Crippen molar-refractivity contribution in [2.75, 3.05) is 26.0 Å². The summed E-state index contributed by atoms with van der Waals surface area (Å²) in [5.74, 6) is -1.60. The highest BCUT2D eigenvalue weighted by Crippen LogP contribution is 2.09. The van der Waals surface area contributed by atoms with Gasteiger partial charge in [-0.3, -0.25) is 15.0 Å². The van der Waals surface area contributed by atoms with Crippen LogP contribution in [-0.4, -0.2) is 48.7 Å². The van der Waals surface area contributed by atoms with Gasteiger partial charge >= 0.3 is 12.0 Å². The Bertz CT molecular complexity index is 499. The lowest BCUT2D eigenvalue weighted by atomic mass is 10.2. The van der Waals surface area contributed by atoms with Crippen LogP contribution in [0.25, 0.3) is 0 Å². The summed E-state index contributed by atoms with van der Waals surface area (Å²) in [4.78, 5) is 33.3. The lowest BCUT2D eigenvalue weighted by Gasteiger charge is -2.13. The van der Waals surface area contributed by atoms with Crippen LogP contribution in [0.5, 0.6) is 0 Å². The van der Waals surface area contributed by atoms with Crippen LogP contribution in [0.2, 0.25) is 0 Å². The second kappa shape index (κ2) is 7.10. The standard InChI is InChI=1S/C12H16N4O4/c1-16(2)15-12(20)14-9-5-3-8(4-6-9)11(19)13-7-10(17)18/h3-6H,7H2,1-2H3,(H,13,19)(H,17,18)(H2,14,15,20). The Hall–Kier alpha value is -2.61. The molecule has 1 aromatic carbocycles. The number of hydrogen-bond donors (Lipinski definition) is 4. The van der Waals surface area contributed by atoms with E-state index < -0.39 is 24.5 Å². The molecule has 0 aliphatic heterocycles. The zero-order valence-corrected chi connectivity index (χ0v) is 11.1. The molecule has 1 aromatic rings. The van der Waals surface area contributed by atoms with E-state index in [4.69, 9.17) is 5.11 Å². The molecule has 0 bridgehead atoms. The second-order valence-electron chi connectivity index (χ2n) is 4.11. The maximum absolute atomic E-state index is 11.5. The van der Waals surface area contributed by atoms with Crippen LogP contribution in [0.3, 0.4) is 0 Å². The van der Waals surface area contributed by atoms with Gasteiger partial charge in [-0.1, -0.05) is 0 Å². The molecule has 0 atom stereocenters. The van der Waals surface area contributed by atoms with E-state index in [1.54, 1.807) is 26.2 Å². The summed E-state index contributed by atoms with van der Waals surface area (Å²) >= 11 is 0. The lowest BCUT2D eigenvalue weighted by Crippen LogP contribution is -2.39. The van der Waals surface area contributed by atoms with Gasteiger partial charge < -0.3 is 15.7 Å². The summed E-state index contributed by atoms with van der Waals surface area (Å²) in [5.41, 5.74) is 3.32. The fraction of sp³-hybridized carbons (Fsp3) is 0.250. The number of nitrogens with one attached hydrogen (secondary N) is 3. The monoisotopic (exact) mass is 280 g/mol. The van der Waals surface area contributed by atoms with Crippen molar-refractivity contribution >= 4 is 23.6 Å². The number of carbonyl (C=O) groups is 3. The van der Waals surface area contributed by atoms with Crippen molar-refractivity contribution < 1.29 is 19.5 Å². The van der Waals surface area contributed by atoms with Crippen molar-refractivity contribution in [3.63, 3.8) is 0 Å². The Morgan fingerprint density at radius 3 is 2.25 bits per heavy atom. The zero-order chi connectivity index (χ0) is 15.1. The normalized spacial score (nSPS) is 9.95. The molecular weight excluding hydrogens is 264 g/mol. The number of urea groups is 1. The number of benzene rings is 1. The SMILES string of the molecule is CN(C)NC(=O)Nc1ccc(C(=O)NCC(=O)O)cc1. The van der Waals surface area contributed by atoms with E-state index >= 15 is 0 Å². The lowest BCUT2D eigenvalue weighted by molar-refractivity contribution is -0.135. The molecule has 0 heterocycles. The summed E-state index contributed by atoms with van der Waals surface area (Å²) in [6, 6.07) is 5.67. The first-order valence-electron chi connectivity index (χ1n) is 5.73. The smallest absolute Gasteiger partial charge is 0.333 e. The number of hydrogen-bond acceptors (Lipinski definition) is 4. The highest BCUT2D eigenvalue weighted by atomic mass is 16.4. The number of hydrazine groups is 1. The molecule has 0 spiro atoms. The molecule has 0 unspecified atom stereocenters. The maximum Gasteiger partial charge on any atom is 0.333 e. The van der Waals surface area contributed by atoms with E-state index in [9.17, 15) is 14.4 Å². The van der Waals surface area contributed by atoms with Crippen LogP contribution in [0, 0.1) is 0 Å². The number of amides is 3. The summed E-state index contributed by atoms with van der Waals surface area (Å²) in [5, 5.41) is 14.8. The van der Waals surface area contributed by atoms with Gasteiger partial charge in [-0.2, -0.15) is 0 Å². The first kappa shape index (κ1) is 15.4. The van der Waals surface area contributed by atoms with Crippen molar-refractivity contribution in [2.45, 2.75) is 0 Å². The first-order chi connectivity index (χ1) is 9.38. The molecule has 0 saturated carbocycles. The molecule has 4 N–H and O–H groups in total. The molecule has 0 radical (unpaired) electrons. The van der Waals surface area contributed by atoms with Crippen LogP contribution >= 0.6 is 0 Å². The Kier molecular flexibility index (Phi) is 5.48. The summed E-state index contributed by atoms with van der Waals surface area (Å²) in [6.45, 7) is -0.440. The van der Waals surface area contributed by atoms with E-state index in [1.165, 1.54) is 17.1 Å². The Morgan fingerprint density at radius 2 is 1.75 bits per heavy atom. The molecule has 20 heavy (non-hydrogen) atoms. The second-order valence-corrected chi connectivity index (χ2v) is 4.11. The molecular formula is C12H16N4O4. The minimum absolute atomic E-state index is 0.310. The predicted molar refractivity (Wildman–Crippen MR) is 72.3 cm³/mol. The van der Waals surface area contributed by atoms with E-state index in [0.29, 0.717) is 11.3 Å². The van der Waals surface area contributed by atoms with Crippen LogP contribution in [0.1, 0.15) is 10.4 Å². The van der Waals surface area contributed by atoms with Gasteiger partial charge in [0.15, 0.2) is 0 Å². The van der Waals surface area contributed by atoms with E-state index in [0.717, 1.165) is 0 Å². The number of carboxylic acid groups (broad SMARTS) is 1. The first-order valence-corrected chi connectivity index (χ1v) is 5.73. The van der Waals surface area contributed by atoms with Crippen molar-refractivity contribution in [2.24, 2.45) is 0 Å². The number of anilines is 1. The van der Waals surface area contributed by atoms with Crippen LogP contribution in [0.4, 0.5) is 10.5 Å². The molecule has 3 amide bonds. The van der Waals surface area contributed by atoms with Crippen LogP contribution in [0.15, 0.2) is 24.3 Å². The van der Waals surface area contributed by atoms with E-state index in [-0.39, 0.29) is 0 Å². The van der Waals surface area contributed by atoms with Crippen LogP contribution < -0.4 is 16.1 Å². The molecule has 0 aliphatic carbocycles. The minimum atomic E-state index is -1.11. The quantitative estimate of drug-likeness (QED) is 0.572. The predicted octanol–water partition coefficient (Wildman–Crippen LogP) is 0.0991. The summed E-state index contributed by atoms with van der Waals surface area (Å²) in [7, 11) is 3.35. The fourth-order valence-electron chi connectivity index (χ4n) is 1.33. The minimum Gasteiger partial charge on any atom is -0.480 e. The average Bonchev–Trinajstić information content (AvgIpc) is 2.35. The topological polar surface area (TPSA) is 111 Å². The van der Waals surface area contributed by atoms with E-state index in [1.807, 2.05) is 0 Å². The van der Waals surface area contributed by atoms with Gasteiger partial charge in [0.25, 0.3) is 5.91 Å². The highest BCUT2D eigenvalue weighted by molar-refractivity contribution is 5.96. The van der Waals surface area contributed by atoms with E-state index in [2.05, 4.69) is 16.1 Å². The molecule has 1 rings (SSSR count). The van der Waals surface area contributed by atoms with Gasteiger partial charge in [0, 0.05) is 25.3 Å². The summed E-state index contributed by atoms with van der Waals surface area (Å²) in [6.07, 6.45) is 0. The number of nitrogens with zero attached hydrogens (tertiary/aromatic N) is 1. The zero-order valence-electron chi connectivity index (χ0n) is 11.1. The van der Waals surface area contributed by atoms with Crippen LogP contribution in [-0.2, 0) is 4.79 Å². The van der Waals surface area contributed by atoms with Crippen molar-refractivity contribution in [1.82, 2.24) is 15.8 Å². The molecule has 8 nitrogen and oxygen atoms in total. The number of aliphatic carboxylic acids is 1. The molecule has 8 heteroatoms. The van der Waals surface area contributed by atoms with Crippen molar-refractivity contribution in [3.05, 3.63) is 29.8 Å². The van der Waals surface area contributed by atoms with Gasteiger partial charge in [-0.05, 0) is 24.3 Å². The number of carboxylic acids is 1. The molecule has 108 valence electrons. The third kappa shape index (κ3) is 5.36. The average molecular weight is 280 g/mol. The number of rotatable bonds is 5. The highest BCUT2D eigenvalue weighted by Gasteiger charge is 2.07. The van der Waals surface area contributed by atoms with Gasteiger partial charge in [0.1, 0.15) is 6.54 Å². The third-order valence-electron chi connectivity index (χ3n) is 2.13. The largest absolute Gasteiger partial charge is 0.480 e. The molecule has 0 aliphatic rings. The molecule has 0 saturated heterocycles. The van der Waals surface area contributed by atoms with Gasteiger partial charge in [0.2, 0.25) is 0 Å². The Balaban J connectivity index is 2.57. The Morgan fingerprint density at radius 1 is 1.15 bits per heavy atom. The maximum atomic E-state index is 11.5. The van der Waals surface area contributed by atoms with Crippen molar-refractivity contribution in [3.8, 4) is 0 Å². The number of carbonyl (C=O) groups excluding carboxylic acids is 2. The summed E-state index contributed by atoms with van der Waals surface area (Å²) < 4.78 is 0. The molecule has 0 fully saturated rings. The van der Waals surface area contributed by atoms with Gasteiger partial charge in [-0.25, -0.2) is 9.80 Å². The Labute approximate surface area is 115 Å². The molecule has 0 aromatic heterocycles. The van der Waals surface area contributed by atoms with Gasteiger partial charge in [0.05, 0.1) is 0 Å².